The standard InChI is InChI=1S/C13H17N5S/c1-3-9-19-10-7-14-12-4-5-13(16-15-12)18-8-6-11(2)17-18/h3-6,8H,1,7,9-10H2,2H3,(H,14,15). The van der Waals surface area contributed by atoms with Crippen molar-refractivity contribution in [1.82, 2.24) is 20.0 Å². The molecule has 0 amide bonds. The average Bonchev–Trinajstić information content (AvgIpc) is 2.86. The van der Waals surface area contributed by atoms with Gasteiger partial charge in [-0.15, -0.1) is 16.8 Å². The van der Waals surface area contributed by atoms with Crippen molar-refractivity contribution in [2.24, 2.45) is 0 Å². The summed E-state index contributed by atoms with van der Waals surface area (Å²) in [5.74, 6) is 3.50. The fraction of sp³-hybridized carbons (Fsp3) is 0.308. The molecule has 0 spiro atoms. The van der Waals surface area contributed by atoms with Crippen LogP contribution in [0.25, 0.3) is 5.82 Å². The van der Waals surface area contributed by atoms with Crippen LogP contribution in [0.2, 0.25) is 0 Å². The van der Waals surface area contributed by atoms with Crippen LogP contribution < -0.4 is 5.32 Å². The second kappa shape index (κ2) is 6.94. The number of hydrogen-bond donors (Lipinski definition) is 1. The largest absolute Gasteiger partial charge is 0.368 e. The summed E-state index contributed by atoms with van der Waals surface area (Å²) in [5, 5.41) is 15.8. The molecule has 1 N–H and O–H groups in total. The van der Waals surface area contributed by atoms with Gasteiger partial charge in [-0.25, -0.2) is 4.68 Å². The first-order chi connectivity index (χ1) is 9.29. The van der Waals surface area contributed by atoms with E-state index in [4.69, 9.17) is 0 Å². The van der Waals surface area contributed by atoms with Crippen LogP contribution in [0.1, 0.15) is 5.69 Å². The van der Waals surface area contributed by atoms with E-state index in [1.807, 2.05) is 49.2 Å². The highest BCUT2D eigenvalue weighted by Crippen LogP contribution is 2.07. The Kier molecular flexibility index (Phi) is 4.97. The van der Waals surface area contributed by atoms with E-state index < -0.39 is 0 Å². The summed E-state index contributed by atoms with van der Waals surface area (Å²) in [6.45, 7) is 6.50. The quantitative estimate of drug-likeness (QED) is 0.620. The lowest BCUT2D eigenvalue weighted by molar-refractivity contribution is 0.804. The lowest BCUT2D eigenvalue weighted by Crippen LogP contribution is -2.08. The Balaban J connectivity index is 1.86. The van der Waals surface area contributed by atoms with E-state index in [9.17, 15) is 0 Å². The Hall–Kier alpha value is -1.82. The molecule has 100 valence electrons. The molecule has 2 aromatic heterocycles. The van der Waals surface area contributed by atoms with Crippen molar-refractivity contribution in [3.63, 3.8) is 0 Å². The topological polar surface area (TPSA) is 55.6 Å². The third-order valence-electron chi connectivity index (χ3n) is 2.40. The van der Waals surface area contributed by atoms with Crippen molar-refractivity contribution in [3.05, 3.63) is 42.7 Å². The van der Waals surface area contributed by atoms with E-state index in [0.29, 0.717) is 0 Å². The van der Waals surface area contributed by atoms with Crippen LogP contribution in [0.3, 0.4) is 0 Å². The van der Waals surface area contributed by atoms with Gasteiger partial charge >= 0.3 is 0 Å². The molecule has 5 nitrogen and oxygen atoms in total. The van der Waals surface area contributed by atoms with Gasteiger partial charge in [-0.05, 0) is 25.1 Å². The zero-order valence-electron chi connectivity index (χ0n) is 10.9. The smallest absolute Gasteiger partial charge is 0.175 e. The molecule has 2 aromatic rings. The number of nitrogens with zero attached hydrogens (tertiary/aromatic N) is 4. The number of hydrogen-bond acceptors (Lipinski definition) is 5. The average molecular weight is 275 g/mol. The molecule has 0 saturated carbocycles. The maximum atomic E-state index is 4.29. The highest BCUT2D eigenvalue weighted by Gasteiger charge is 2.01. The van der Waals surface area contributed by atoms with E-state index >= 15 is 0 Å². The van der Waals surface area contributed by atoms with Crippen molar-refractivity contribution in [3.8, 4) is 5.82 Å². The molecular formula is C13H17N5S. The van der Waals surface area contributed by atoms with Gasteiger partial charge in [0.25, 0.3) is 0 Å². The molecule has 0 atom stereocenters. The summed E-state index contributed by atoms with van der Waals surface area (Å²) >= 11 is 1.83. The molecular weight excluding hydrogens is 258 g/mol. The second-order valence-electron chi connectivity index (χ2n) is 3.97. The van der Waals surface area contributed by atoms with Gasteiger partial charge in [0.2, 0.25) is 0 Å². The van der Waals surface area contributed by atoms with Gasteiger partial charge in [0.15, 0.2) is 5.82 Å². The van der Waals surface area contributed by atoms with Crippen LogP contribution in [-0.2, 0) is 0 Å². The van der Waals surface area contributed by atoms with E-state index in [1.54, 1.807) is 4.68 Å². The van der Waals surface area contributed by atoms with E-state index in [0.717, 1.165) is 35.4 Å². The Morgan fingerprint density at radius 3 is 2.89 bits per heavy atom. The molecule has 2 rings (SSSR count). The number of aryl methyl sites for hydroxylation is 1. The van der Waals surface area contributed by atoms with Crippen LogP contribution >= 0.6 is 11.8 Å². The zero-order chi connectivity index (χ0) is 13.5. The molecule has 0 saturated heterocycles. The maximum Gasteiger partial charge on any atom is 0.175 e. The number of rotatable bonds is 7. The molecule has 0 unspecified atom stereocenters. The predicted octanol–water partition coefficient (Wildman–Crippen LogP) is 2.30. The van der Waals surface area contributed by atoms with Crippen LogP contribution in [0.15, 0.2) is 37.1 Å². The number of nitrogens with one attached hydrogen (secondary N) is 1. The Labute approximate surface area is 117 Å². The minimum Gasteiger partial charge on any atom is -0.368 e. The highest BCUT2D eigenvalue weighted by atomic mass is 32.2. The number of thioether (sulfide) groups is 1. The third-order valence-corrected chi connectivity index (χ3v) is 3.36. The summed E-state index contributed by atoms with van der Waals surface area (Å²) in [5.41, 5.74) is 0.961. The van der Waals surface area contributed by atoms with Crippen molar-refractivity contribution < 1.29 is 0 Å². The molecule has 19 heavy (non-hydrogen) atoms. The van der Waals surface area contributed by atoms with Gasteiger partial charge in [0.1, 0.15) is 5.82 Å². The van der Waals surface area contributed by atoms with Gasteiger partial charge in [0.05, 0.1) is 5.69 Å². The minimum absolute atomic E-state index is 0.722. The molecule has 0 aliphatic heterocycles. The van der Waals surface area contributed by atoms with Crippen molar-refractivity contribution in [1.29, 1.82) is 0 Å². The molecule has 0 aliphatic rings. The van der Waals surface area contributed by atoms with Gasteiger partial charge in [-0.3, -0.25) is 0 Å². The first-order valence-electron chi connectivity index (χ1n) is 6.08. The van der Waals surface area contributed by atoms with Gasteiger partial charge in [-0.2, -0.15) is 16.9 Å². The van der Waals surface area contributed by atoms with Crippen LogP contribution in [0.4, 0.5) is 5.82 Å². The van der Waals surface area contributed by atoms with E-state index in [-0.39, 0.29) is 0 Å². The molecule has 0 aliphatic carbocycles. The van der Waals surface area contributed by atoms with Crippen LogP contribution in [0, 0.1) is 6.92 Å². The summed E-state index contributed by atoms with van der Waals surface area (Å²) < 4.78 is 1.71. The zero-order valence-corrected chi connectivity index (χ0v) is 11.7. The summed E-state index contributed by atoms with van der Waals surface area (Å²) in [6.07, 6.45) is 3.78. The Morgan fingerprint density at radius 1 is 1.37 bits per heavy atom. The van der Waals surface area contributed by atoms with Crippen LogP contribution in [0.5, 0.6) is 0 Å². The highest BCUT2D eigenvalue weighted by molar-refractivity contribution is 7.99. The monoisotopic (exact) mass is 275 g/mol. The molecule has 0 bridgehead atoms. The molecule has 2 heterocycles. The van der Waals surface area contributed by atoms with Gasteiger partial charge < -0.3 is 5.32 Å². The summed E-state index contributed by atoms with van der Waals surface area (Å²) in [6, 6.07) is 5.75. The normalized spacial score (nSPS) is 10.4. The molecule has 0 radical (unpaired) electrons. The number of aromatic nitrogens is 4. The van der Waals surface area contributed by atoms with Gasteiger partial charge in [0, 0.05) is 24.2 Å². The molecule has 6 heteroatoms. The Bertz CT molecular complexity index is 520. The first-order valence-corrected chi connectivity index (χ1v) is 7.24. The lowest BCUT2D eigenvalue weighted by atomic mass is 10.5. The summed E-state index contributed by atoms with van der Waals surface area (Å²) in [4.78, 5) is 0. The van der Waals surface area contributed by atoms with Crippen molar-refractivity contribution in [2.45, 2.75) is 6.92 Å². The molecule has 0 fully saturated rings. The van der Waals surface area contributed by atoms with E-state index in [1.165, 1.54) is 0 Å². The molecule has 0 aromatic carbocycles. The van der Waals surface area contributed by atoms with Gasteiger partial charge in [-0.1, -0.05) is 6.08 Å². The van der Waals surface area contributed by atoms with Crippen molar-refractivity contribution in [2.75, 3.05) is 23.4 Å². The summed E-state index contributed by atoms with van der Waals surface area (Å²) in [7, 11) is 0. The first kappa shape index (κ1) is 13.6. The predicted molar refractivity (Wildman–Crippen MR) is 79.9 cm³/mol. The minimum atomic E-state index is 0.722. The van der Waals surface area contributed by atoms with E-state index in [2.05, 4.69) is 27.2 Å². The van der Waals surface area contributed by atoms with Crippen molar-refractivity contribution >= 4 is 17.6 Å². The Morgan fingerprint density at radius 2 is 2.26 bits per heavy atom. The fourth-order valence-corrected chi connectivity index (χ4v) is 2.08. The third kappa shape index (κ3) is 4.10. The second-order valence-corrected chi connectivity index (χ2v) is 5.12. The fourth-order valence-electron chi connectivity index (χ4n) is 1.50. The lowest BCUT2D eigenvalue weighted by Gasteiger charge is -2.05. The number of anilines is 1. The SMILES string of the molecule is C=CCSCCNc1ccc(-n2ccc(C)n2)nn1. The maximum absolute atomic E-state index is 4.29. The van der Waals surface area contributed by atoms with Crippen LogP contribution in [-0.4, -0.2) is 38.0 Å².